The fourth-order valence-corrected chi connectivity index (χ4v) is 3.29. The molecule has 3 rings (SSSR count). The zero-order valence-electron chi connectivity index (χ0n) is 12.7. The van der Waals surface area contributed by atoms with E-state index in [-0.39, 0.29) is 12.1 Å². The van der Waals surface area contributed by atoms with Crippen LogP contribution in [0.4, 0.5) is 10.5 Å². The lowest BCUT2D eigenvalue weighted by molar-refractivity contribution is 0.243. The molecule has 0 saturated heterocycles. The van der Waals surface area contributed by atoms with E-state index in [1.54, 1.807) is 18.1 Å². The van der Waals surface area contributed by atoms with Crippen molar-refractivity contribution in [1.29, 1.82) is 0 Å². The summed E-state index contributed by atoms with van der Waals surface area (Å²) < 4.78 is 1.86. The second-order valence-corrected chi connectivity index (χ2v) is 6.19. The molecule has 2 aromatic rings. The number of hydrogen-bond acceptors (Lipinski definition) is 4. The van der Waals surface area contributed by atoms with Crippen LogP contribution in [0.2, 0.25) is 0 Å². The summed E-state index contributed by atoms with van der Waals surface area (Å²) in [4.78, 5) is 17.5. The molecule has 22 heavy (non-hydrogen) atoms. The van der Waals surface area contributed by atoms with Gasteiger partial charge in [0.25, 0.3) is 0 Å². The summed E-state index contributed by atoms with van der Waals surface area (Å²) in [6.45, 7) is 2.67. The number of rotatable bonds is 3. The molecule has 0 unspecified atom stereocenters. The first-order valence-corrected chi connectivity index (χ1v) is 8.47. The minimum absolute atomic E-state index is 0.0796. The van der Waals surface area contributed by atoms with E-state index in [0.717, 1.165) is 34.8 Å². The molecule has 1 aliphatic heterocycles. The van der Waals surface area contributed by atoms with Crippen molar-refractivity contribution in [3.05, 3.63) is 35.9 Å². The van der Waals surface area contributed by atoms with Gasteiger partial charge in [0.2, 0.25) is 0 Å². The van der Waals surface area contributed by atoms with Gasteiger partial charge in [-0.15, -0.1) is 11.8 Å². The van der Waals surface area contributed by atoms with E-state index in [4.69, 9.17) is 0 Å². The Labute approximate surface area is 133 Å². The first-order chi connectivity index (χ1) is 10.7. The van der Waals surface area contributed by atoms with E-state index >= 15 is 0 Å². The van der Waals surface area contributed by atoms with Crippen LogP contribution in [0, 0.1) is 6.92 Å². The van der Waals surface area contributed by atoms with Crippen LogP contribution in [0.25, 0.3) is 0 Å². The third-order valence-electron chi connectivity index (χ3n) is 3.83. The number of amides is 2. The third-order valence-corrected chi connectivity index (χ3v) is 4.61. The molecule has 0 spiro atoms. The van der Waals surface area contributed by atoms with Crippen molar-refractivity contribution in [3.8, 4) is 0 Å². The van der Waals surface area contributed by atoms with E-state index in [9.17, 15) is 4.79 Å². The highest BCUT2D eigenvalue weighted by Crippen LogP contribution is 2.28. The third kappa shape index (κ3) is 3.09. The summed E-state index contributed by atoms with van der Waals surface area (Å²) in [6.07, 6.45) is 5.29. The van der Waals surface area contributed by atoms with Gasteiger partial charge in [-0.25, -0.2) is 14.5 Å². The molecule has 2 amide bonds. The molecule has 0 saturated carbocycles. The van der Waals surface area contributed by atoms with E-state index < -0.39 is 0 Å². The Bertz CT molecular complexity index is 684. The Kier molecular flexibility index (Phi) is 4.33. The molecule has 2 N–H and O–H groups in total. The predicted molar refractivity (Wildman–Crippen MR) is 87.2 cm³/mol. The number of benzene rings is 1. The number of aryl methyl sites for hydroxylation is 2. The number of anilines is 1. The first kappa shape index (κ1) is 14.9. The minimum Gasteiger partial charge on any atom is -0.333 e. The summed E-state index contributed by atoms with van der Waals surface area (Å²) >= 11 is 1.62. The lowest BCUT2D eigenvalue weighted by Gasteiger charge is -2.24. The van der Waals surface area contributed by atoms with Gasteiger partial charge in [-0.2, -0.15) is 5.10 Å². The maximum atomic E-state index is 12.3. The second kappa shape index (κ2) is 6.39. The zero-order chi connectivity index (χ0) is 15.5. The van der Waals surface area contributed by atoms with E-state index in [2.05, 4.69) is 20.7 Å². The summed E-state index contributed by atoms with van der Waals surface area (Å²) in [7, 11) is 0. The average Bonchev–Trinajstić information content (AvgIpc) is 2.97. The number of fused-ring (bicyclic) bond motifs is 1. The summed E-state index contributed by atoms with van der Waals surface area (Å²) in [5.41, 5.74) is 1.94. The van der Waals surface area contributed by atoms with Crippen LogP contribution in [0.3, 0.4) is 0 Å². The standard InChI is InChI=1S/C15H19N5OS/c1-10-4-3-5-12(22-2)14(10)19-15(21)18-11-6-7-13-16-9-17-20(13)8-11/h3-5,9,11H,6-8H2,1-2H3,(H2,18,19,21)/t11-/m0/s1. The van der Waals surface area contributed by atoms with Gasteiger partial charge < -0.3 is 10.6 Å². The highest BCUT2D eigenvalue weighted by atomic mass is 32.2. The maximum Gasteiger partial charge on any atom is 0.319 e. The topological polar surface area (TPSA) is 71.8 Å². The molecule has 2 heterocycles. The highest BCUT2D eigenvalue weighted by molar-refractivity contribution is 7.98. The highest BCUT2D eigenvalue weighted by Gasteiger charge is 2.21. The van der Waals surface area contributed by atoms with Crippen molar-refractivity contribution < 1.29 is 4.79 Å². The second-order valence-electron chi connectivity index (χ2n) is 5.34. The van der Waals surface area contributed by atoms with Gasteiger partial charge in [-0.1, -0.05) is 12.1 Å². The number of carbonyl (C=O) groups is 1. The van der Waals surface area contributed by atoms with Crippen molar-refractivity contribution in [3.63, 3.8) is 0 Å². The molecule has 0 bridgehead atoms. The van der Waals surface area contributed by atoms with Crippen LogP contribution in [-0.4, -0.2) is 33.1 Å². The number of nitrogens with zero attached hydrogens (tertiary/aromatic N) is 3. The maximum absolute atomic E-state index is 12.3. The molecule has 1 aromatic carbocycles. The summed E-state index contributed by atoms with van der Waals surface area (Å²) in [5.74, 6) is 0.988. The number of nitrogens with one attached hydrogen (secondary N) is 2. The molecule has 0 radical (unpaired) electrons. The largest absolute Gasteiger partial charge is 0.333 e. The summed E-state index contributed by atoms with van der Waals surface area (Å²) in [6, 6.07) is 5.92. The molecule has 0 aliphatic carbocycles. The lowest BCUT2D eigenvalue weighted by Crippen LogP contribution is -2.43. The zero-order valence-corrected chi connectivity index (χ0v) is 13.5. The van der Waals surface area contributed by atoms with Crippen LogP contribution in [-0.2, 0) is 13.0 Å². The van der Waals surface area contributed by atoms with Crippen LogP contribution in [0.5, 0.6) is 0 Å². The average molecular weight is 317 g/mol. The SMILES string of the molecule is CSc1cccc(C)c1NC(=O)N[C@H]1CCc2ncnn2C1. The Hall–Kier alpha value is -2.02. The van der Waals surface area contributed by atoms with Crippen molar-refractivity contribution >= 4 is 23.5 Å². The molecule has 116 valence electrons. The summed E-state index contributed by atoms with van der Waals surface area (Å²) in [5, 5.41) is 10.2. The fraction of sp³-hybridized carbons (Fsp3) is 0.400. The number of para-hydroxylation sites is 1. The van der Waals surface area contributed by atoms with E-state index in [1.165, 1.54) is 0 Å². The van der Waals surface area contributed by atoms with Crippen molar-refractivity contribution in [1.82, 2.24) is 20.1 Å². The molecule has 1 aliphatic rings. The van der Waals surface area contributed by atoms with Gasteiger partial charge in [0.1, 0.15) is 12.2 Å². The number of thioether (sulfide) groups is 1. The fourth-order valence-electron chi connectivity index (χ4n) is 2.66. The van der Waals surface area contributed by atoms with Gasteiger partial charge in [0.05, 0.1) is 18.3 Å². The Balaban J connectivity index is 1.64. The number of aromatic nitrogens is 3. The normalized spacial score (nSPS) is 16.9. The molecule has 0 fully saturated rings. The molecule has 1 aromatic heterocycles. The van der Waals surface area contributed by atoms with Crippen molar-refractivity contribution in [2.75, 3.05) is 11.6 Å². The quantitative estimate of drug-likeness (QED) is 0.853. The number of hydrogen-bond donors (Lipinski definition) is 2. The lowest BCUT2D eigenvalue weighted by atomic mass is 10.1. The number of carbonyl (C=O) groups excluding carboxylic acids is 1. The Morgan fingerprint density at radius 1 is 1.45 bits per heavy atom. The predicted octanol–water partition coefficient (Wildman–Crippen LogP) is 2.44. The molecule has 6 nitrogen and oxygen atoms in total. The first-order valence-electron chi connectivity index (χ1n) is 7.25. The molecule has 1 atom stereocenters. The van der Waals surface area contributed by atoms with Gasteiger partial charge in [0, 0.05) is 11.3 Å². The van der Waals surface area contributed by atoms with Gasteiger partial charge in [-0.3, -0.25) is 0 Å². The van der Waals surface area contributed by atoms with E-state index in [1.807, 2.05) is 36.1 Å². The molecular weight excluding hydrogens is 298 g/mol. The minimum atomic E-state index is -0.168. The Morgan fingerprint density at radius 2 is 2.32 bits per heavy atom. The van der Waals surface area contributed by atoms with Crippen LogP contribution in [0.1, 0.15) is 17.8 Å². The van der Waals surface area contributed by atoms with Crippen molar-refractivity contribution in [2.45, 2.75) is 37.2 Å². The smallest absolute Gasteiger partial charge is 0.319 e. The van der Waals surface area contributed by atoms with Crippen molar-refractivity contribution in [2.24, 2.45) is 0 Å². The number of urea groups is 1. The van der Waals surface area contributed by atoms with Gasteiger partial charge in [0.15, 0.2) is 0 Å². The van der Waals surface area contributed by atoms with Gasteiger partial charge in [-0.05, 0) is 31.2 Å². The molecule has 7 heteroatoms. The van der Waals surface area contributed by atoms with Crippen LogP contribution < -0.4 is 10.6 Å². The van der Waals surface area contributed by atoms with E-state index in [0.29, 0.717) is 6.54 Å². The van der Waals surface area contributed by atoms with Gasteiger partial charge >= 0.3 is 6.03 Å². The monoisotopic (exact) mass is 317 g/mol. The Morgan fingerprint density at radius 3 is 3.14 bits per heavy atom. The van der Waals surface area contributed by atoms with Crippen LogP contribution in [0.15, 0.2) is 29.4 Å². The molecular formula is C15H19N5OS. The van der Waals surface area contributed by atoms with Crippen LogP contribution >= 0.6 is 11.8 Å².